The van der Waals surface area contributed by atoms with E-state index in [4.69, 9.17) is 4.98 Å². The maximum atomic E-state index is 12.6. The third-order valence-corrected chi connectivity index (χ3v) is 6.30. The molecule has 1 amide bonds. The van der Waals surface area contributed by atoms with Gasteiger partial charge in [0.15, 0.2) is 5.78 Å². The first-order chi connectivity index (χ1) is 17.0. The Kier molecular flexibility index (Phi) is 6.15. The molecule has 0 atom stereocenters. The van der Waals surface area contributed by atoms with Crippen molar-refractivity contribution < 1.29 is 9.59 Å². The van der Waals surface area contributed by atoms with Gasteiger partial charge in [0, 0.05) is 34.0 Å². The van der Waals surface area contributed by atoms with Crippen LogP contribution in [-0.2, 0) is 11.2 Å². The van der Waals surface area contributed by atoms with E-state index >= 15 is 0 Å². The van der Waals surface area contributed by atoms with Gasteiger partial charge in [-0.25, -0.2) is 4.98 Å². The summed E-state index contributed by atoms with van der Waals surface area (Å²) in [5.41, 5.74) is 7.54. The number of nitrogens with one attached hydrogen (secondary N) is 2. The number of aryl methyl sites for hydroxylation is 2. The summed E-state index contributed by atoms with van der Waals surface area (Å²) >= 11 is 0. The Morgan fingerprint density at radius 3 is 2.66 bits per heavy atom. The fourth-order valence-electron chi connectivity index (χ4n) is 4.51. The van der Waals surface area contributed by atoms with E-state index in [2.05, 4.69) is 53.6 Å². The molecule has 2 aromatic heterocycles. The predicted molar refractivity (Wildman–Crippen MR) is 142 cm³/mol. The van der Waals surface area contributed by atoms with E-state index < -0.39 is 0 Å². The maximum Gasteiger partial charge on any atom is 0.224 e. The summed E-state index contributed by atoms with van der Waals surface area (Å²) in [5.74, 6) is -0.0855. The molecular weight excluding hydrogens is 434 g/mol. The average Bonchev–Trinajstić information content (AvgIpc) is 3.21. The number of aromatic nitrogens is 2. The third kappa shape index (κ3) is 4.85. The van der Waals surface area contributed by atoms with Gasteiger partial charge in [-0.05, 0) is 68.7 Å². The van der Waals surface area contributed by atoms with Crippen LogP contribution in [0.15, 0.2) is 78.9 Å². The Hall–Kier alpha value is -4.25. The molecule has 0 aliphatic carbocycles. The van der Waals surface area contributed by atoms with Crippen LogP contribution in [0.1, 0.15) is 41.3 Å². The molecule has 5 rings (SSSR count). The highest BCUT2D eigenvalue weighted by Crippen LogP contribution is 2.32. The first-order valence-corrected chi connectivity index (χ1v) is 11.9. The molecule has 2 N–H and O–H groups in total. The van der Waals surface area contributed by atoms with Crippen molar-refractivity contribution in [3.63, 3.8) is 0 Å². The lowest BCUT2D eigenvalue weighted by atomic mass is 10.0. The average molecular weight is 462 g/mol. The zero-order valence-corrected chi connectivity index (χ0v) is 19.9. The molecule has 5 aromatic rings. The molecule has 0 aliphatic heterocycles. The van der Waals surface area contributed by atoms with Gasteiger partial charge in [0.05, 0.1) is 16.9 Å². The van der Waals surface area contributed by atoms with E-state index in [0.29, 0.717) is 24.1 Å². The molecule has 0 unspecified atom stereocenters. The first-order valence-electron chi connectivity index (χ1n) is 11.9. The number of hydrogen-bond acceptors (Lipinski definition) is 3. The Morgan fingerprint density at radius 1 is 0.943 bits per heavy atom. The first kappa shape index (κ1) is 22.5. The number of H-pyrrole nitrogens is 1. The number of anilines is 1. The van der Waals surface area contributed by atoms with Gasteiger partial charge < -0.3 is 10.3 Å². The van der Waals surface area contributed by atoms with E-state index in [1.165, 1.54) is 23.4 Å². The molecule has 3 aromatic carbocycles. The van der Waals surface area contributed by atoms with Crippen molar-refractivity contribution in [3.05, 3.63) is 95.6 Å². The second-order valence-corrected chi connectivity index (χ2v) is 8.96. The number of para-hydroxylation sites is 1. The lowest BCUT2D eigenvalue weighted by Gasteiger charge is -2.08. The van der Waals surface area contributed by atoms with Crippen LogP contribution in [0.4, 0.5) is 5.69 Å². The molecule has 5 nitrogen and oxygen atoms in total. The highest BCUT2D eigenvalue weighted by Gasteiger charge is 2.16. The smallest absolute Gasteiger partial charge is 0.224 e. The molecular formula is C30H27N3O2. The minimum absolute atomic E-state index is 0.0226. The predicted octanol–water partition coefficient (Wildman–Crippen LogP) is 6.86. The molecule has 0 aliphatic rings. The number of Topliss-reactive ketones (excluding diaryl/α,β-unsaturated/α-hetero) is 1. The standard InChI is InChI=1S/C30H27N3O2/c1-19-13-15-27-25(17-19)24(30(33-27)28-16-14-21-7-3-4-11-26(21)32-28)10-6-12-29(35)31-23-9-5-8-22(18-23)20(2)34/h3-5,7-9,11,13-18,33H,6,10,12H2,1-2H3,(H,31,35). The third-order valence-electron chi connectivity index (χ3n) is 6.30. The number of nitrogens with zero attached hydrogens (tertiary/aromatic N) is 1. The molecule has 0 saturated carbocycles. The van der Waals surface area contributed by atoms with E-state index in [9.17, 15) is 9.59 Å². The largest absolute Gasteiger partial charge is 0.353 e. The number of amides is 1. The second kappa shape index (κ2) is 9.55. The maximum absolute atomic E-state index is 12.6. The normalized spacial score (nSPS) is 11.1. The highest BCUT2D eigenvalue weighted by molar-refractivity contribution is 5.97. The summed E-state index contributed by atoms with van der Waals surface area (Å²) in [6, 6.07) is 25.7. The van der Waals surface area contributed by atoms with Crippen molar-refractivity contribution in [2.24, 2.45) is 0 Å². The molecule has 0 spiro atoms. The number of hydrogen-bond donors (Lipinski definition) is 2. The van der Waals surface area contributed by atoms with E-state index in [1.807, 2.05) is 18.2 Å². The highest BCUT2D eigenvalue weighted by atomic mass is 16.1. The number of aromatic amines is 1. The molecule has 2 heterocycles. The van der Waals surface area contributed by atoms with E-state index in [1.54, 1.807) is 24.3 Å². The SMILES string of the molecule is CC(=O)c1cccc(NC(=O)CCCc2c(-c3ccc4ccccc4n3)[nH]c3ccc(C)cc23)c1. The van der Waals surface area contributed by atoms with Crippen LogP contribution < -0.4 is 5.32 Å². The van der Waals surface area contributed by atoms with Crippen LogP contribution in [-0.4, -0.2) is 21.7 Å². The van der Waals surface area contributed by atoms with Crippen molar-refractivity contribution >= 4 is 39.2 Å². The molecule has 5 heteroatoms. The summed E-state index contributed by atoms with van der Waals surface area (Å²) in [6.07, 6.45) is 1.82. The van der Waals surface area contributed by atoms with Crippen LogP contribution in [0.2, 0.25) is 0 Å². The van der Waals surface area contributed by atoms with Crippen molar-refractivity contribution in [1.82, 2.24) is 9.97 Å². The number of carbonyl (C=O) groups excluding carboxylic acids is 2. The van der Waals surface area contributed by atoms with Crippen molar-refractivity contribution in [2.45, 2.75) is 33.1 Å². The van der Waals surface area contributed by atoms with Gasteiger partial charge in [-0.1, -0.05) is 48.0 Å². The molecule has 0 bridgehead atoms. The molecule has 35 heavy (non-hydrogen) atoms. The number of fused-ring (bicyclic) bond motifs is 2. The van der Waals surface area contributed by atoms with E-state index in [-0.39, 0.29) is 11.7 Å². The Bertz CT molecular complexity index is 1570. The number of ketones is 1. The van der Waals surface area contributed by atoms with Gasteiger partial charge in [0.2, 0.25) is 5.91 Å². The fraction of sp³-hybridized carbons (Fsp3) is 0.167. The Morgan fingerprint density at radius 2 is 1.80 bits per heavy atom. The lowest BCUT2D eigenvalue weighted by molar-refractivity contribution is -0.116. The van der Waals surface area contributed by atoms with Crippen LogP contribution in [0.25, 0.3) is 33.2 Å². The number of carbonyl (C=O) groups is 2. The van der Waals surface area contributed by atoms with Crippen LogP contribution in [0.5, 0.6) is 0 Å². The summed E-state index contributed by atoms with van der Waals surface area (Å²) in [4.78, 5) is 32.7. The van der Waals surface area contributed by atoms with Crippen molar-refractivity contribution in [1.29, 1.82) is 0 Å². The van der Waals surface area contributed by atoms with Gasteiger partial charge >= 0.3 is 0 Å². The topological polar surface area (TPSA) is 74.8 Å². The summed E-state index contributed by atoms with van der Waals surface area (Å²) < 4.78 is 0. The molecule has 0 saturated heterocycles. The van der Waals surface area contributed by atoms with Gasteiger partial charge in [-0.3, -0.25) is 9.59 Å². The monoisotopic (exact) mass is 461 g/mol. The van der Waals surface area contributed by atoms with Gasteiger partial charge in [-0.2, -0.15) is 0 Å². The summed E-state index contributed by atoms with van der Waals surface area (Å²) in [6.45, 7) is 3.61. The van der Waals surface area contributed by atoms with Gasteiger partial charge in [-0.15, -0.1) is 0 Å². The van der Waals surface area contributed by atoms with Crippen molar-refractivity contribution in [3.8, 4) is 11.4 Å². The minimum atomic E-state index is -0.0629. The zero-order valence-electron chi connectivity index (χ0n) is 19.9. The molecule has 0 radical (unpaired) electrons. The fourth-order valence-corrected chi connectivity index (χ4v) is 4.51. The zero-order chi connectivity index (χ0) is 24.4. The van der Waals surface area contributed by atoms with Crippen LogP contribution in [0, 0.1) is 6.92 Å². The second-order valence-electron chi connectivity index (χ2n) is 8.96. The number of rotatable bonds is 7. The quantitative estimate of drug-likeness (QED) is 0.260. The number of pyridine rings is 1. The van der Waals surface area contributed by atoms with Gasteiger partial charge in [0.1, 0.15) is 0 Å². The Balaban J connectivity index is 1.38. The van der Waals surface area contributed by atoms with Gasteiger partial charge in [0.25, 0.3) is 0 Å². The molecule has 174 valence electrons. The Labute approximate surface area is 204 Å². The number of benzene rings is 3. The minimum Gasteiger partial charge on any atom is -0.353 e. The van der Waals surface area contributed by atoms with E-state index in [0.717, 1.165) is 34.2 Å². The summed E-state index contributed by atoms with van der Waals surface area (Å²) in [5, 5.41) is 5.20. The van der Waals surface area contributed by atoms with Crippen LogP contribution in [0.3, 0.4) is 0 Å². The molecule has 0 fully saturated rings. The van der Waals surface area contributed by atoms with Crippen molar-refractivity contribution in [2.75, 3.05) is 5.32 Å². The van der Waals surface area contributed by atoms with Crippen LogP contribution >= 0.6 is 0 Å². The lowest BCUT2D eigenvalue weighted by Crippen LogP contribution is -2.12. The summed E-state index contributed by atoms with van der Waals surface area (Å²) in [7, 11) is 0.